The SMILES string of the molecule is O=P.O=P.O=P.[KH]. The van der Waals surface area contributed by atoms with Gasteiger partial charge >= 0.3 is 51.4 Å². The first-order chi connectivity index (χ1) is 3.00. The van der Waals surface area contributed by atoms with Crippen LogP contribution in [0.4, 0.5) is 0 Å². The standard InChI is InChI=1S/K.3HOP.H/c;3*1-2;/h;3*2H;. The third kappa shape index (κ3) is 74.6. The monoisotopic (exact) mass is 184 g/mol. The van der Waals surface area contributed by atoms with E-state index in [4.69, 9.17) is 13.7 Å². The minimum atomic E-state index is 0. The van der Waals surface area contributed by atoms with Crippen molar-refractivity contribution in [2.45, 2.75) is 0 Å². The normalized spacial score (nSPS) is 1.71. The van der Waals surface area contributed by atoms with Crippen LogP contribution in [0.2, 0.25) is 0 Å². The molecule has 7 heavy (non-hydrogen) atoms. The predicted octanol–water partition coefficient (Wildman–Crippen LogP) is 0.776. The Balaban J connectivity index is -0.00000000900. The topological polar surface area (TPSA) is 51.2 Å². The molecule has 0 aliphatic heterocycles. The fourth-order valence-corrected chi connectivity index (χ4v) is 0. The summed E-state index contributed by atoms with van der Waals surface area (Å²) in [5, 5.41) is 0. The van der Waals surface area contributed by atoms with E-state index in [9.17, 15) is 0 Å². The molecule has 0 atom stereocenters. The van der Waals surface area contributed by atoms with Gasteiger partial charge < -0.3 is 0 Å². The van der Waals surface area contributed by atoms with E-state index in [0.717, 1.165) is 0 Å². The summed E-state index contributed by atoms with van der Waals surface area (Å²) < 4.78 is 24.2. The fraction of sp³-hybridized carbons (Fsp3) is 0. The van der Waals surface area contributed by atoms with Gasteiger partial charge in [-0.1, -0.05) is 0 Å². The summed E-state index contributed by atoms with van der Waals surface area (Å²) in [5.74, 6) is 0. The second kappa shape index (κ2) is 102. The molecule has 0 bridgehead atoms. The summed E-state index contributed by atoms with van der Waals surface area (Å²) in [6.45, 7) is 0. The second-order valence-corrected chi connectivity index (χ2v) is 0. The maximum absolute atomic E-state index is 8.06. The van der Waals surface area contributed by atoms with E-state index in [0.29, 0.717) is 0 Å². The van der Waals surface area contributed by atoms with Crippen molar-refractivity contribution >= 4 is 78.7 Å². The summed E-state index contributed by atoms with van der Waals surface area (Å²) in [5.41, 5.74) is 0. The molecule has 0 aromatic carbocycles. The molecule has 7 heteroatoms. The molecule has 0 saturated carbocycles. The molecule has 0 aromatic heterocycles. The molecule has 0 aromatic rings. The van der Waals surface area contributed by atoms with E-state index in [2.05, 4.69) is 0 Å². The molecular weight excluding hydrogens is 180 g/mol. The van der Waals surface area contributed by atoms with E-state index in [1.54, 1.807) is 27.4 Å². The Hall–Kier alpha value is 1.94. The Bertz CT molecular complexity index is 14.9. The summed E-state index contributed by atoms with van der Waals surface area (Å²) in [6, 6.07) is 0. The molecule has 0 radical (unpaired) electrons. The molecule has 0 aliphatic rings. The van der Waals surface area contributed by atoms with Gasteiger partial charge in [0.05, 0.1) is 0 Å². The van der Waals surface area contributed by atoms with Gasteiger partial charge in [0.15, 0.2) is 0 Å². The third-order valence-electron chi connectivity index (χ3n) is 0. The average molecular weight is 184 g/mol. The van der Waals surface area contributed by atoms with Crippen LogP contribution in [0.1, 0.15) is 0 Å². The summed E-state index contributed by atoms with van der Waals surface area (Å²) in [7, 11) is 5.17. The van der Waals surface area contributed by atoms with Crippen molar-refractivity contribution in [2.24, 2.45) is 0 Å². The van der Waals surface area contributed by atoms with Crippen molar-refractivity contribution in [3.63, 3.8) is 0 Å². The zero-order valence-electron chi connectivity index (χ0n) is 2.72. The molecule has 0 saturated heterocycles. The van der Waals surface area contributed by atoms with Crippen molar-refractivity contribution in [3.05, 3.63) is 0 Å². The molecule has 0 fully saturated rings. The van der Waals surface area contributed by atoms with Crippen LogP contribution in [0, 0.1) is 0 Å². The van der Waals surface area contributed by atoms with Gasteiger partial charge in [-0.15, -0.1) is 0 Å². The quantitative estimate of drug-likeness (QED) is 0.412. The number of hydrogen-bond acceptors (Lipinski definition) is 3. The van der Waals surface area contributed by atoms with E-state index >= 15 is 0 Å². The molecule has 0 N–H and O–H groups in total. The first kappa shape index (κ1) is 23.1. The average Bonchev–Trinajstić information content (AvgIpc) is 1.81. The Kier molecular flexibility index (Phi) is 336. The van der Waals surface area contributed by atoms with Crippen LogP contribution in [0.15, 0.2) is 0 Å². The molecule has 0 heterocycles. The molecular formula is H4KO3P3. The molecule has 0 rings (SSSR count). The fourth-order valence-electron chi connectivity index (χ4n) is 0. The van der Waals surface area contributed by atoms with E-state index in [1.165, 1.54) is 0 Å². The van der Waals surface area contributed by atoms with E-state index in [-0.39, 0.29) is 51.4 Å². The summed E-state index contributed by atoms with van der Waals surface area (Å²) in [4.78, 5) is 0. The van der Waals surface area contributed by atoms with Crippen LogP contribution in [0.3, 0.4) is 0 Å². The van der Waals surface area contributed by atoms with Crippen molar-refractivity contribution in [1.29, 1.82) is 0 Å². The second-order valence-electron chi connectivity index (χ2n) is 0. The van der Waals surface area contributed by atoms with Gasteiger partial charge in [0.2, 0.25) is 0 Å². The van der Waals surface area contributed by atoms with Gasteiger partial charge in [0.1, 0.15) is 27.4 Å². The molecule has 38 valence electrons. The van der Waals surface area contributed by atoms with E-state index < -0.39 is 0 Å². The predicted molar refractivity (Wildman–Crippen MR) is 34.2 cm³/mol. The number of hydrogen-bond donors (Lipinski definition) is 0. The van der Waals surface area contributed by atoms with Crippen LogP contribution in [-0.4, -0.2) is 51.4 Å². The Morgan fingerprint density at radius 1 is 0.571 bits per heavy atom. The summed E-state index contributed by atoms with van der Waals surface area (Å²) in [6.07, 6.45) is 0. The van der Waals surface area contributed by atoms with Crippen LogP contribution < -0.4 is 0 Å². The van der Waals surface area contributed by atoms with Gasteiger partial charge in [0, 0.05) is 0 Å². The maximum atomic E-state index is 8.06. The van der Waals surface area contributed by atoms with Gasteiger partial charge in [-0.05, 0) is 0 Å². The van der Waals surface area contributed by atoms with Crippen molar-refractivity contribution in [1.82, 2.24) is 0 Å². The molecule has 0 amide bonds. The van der Waals surface area contributed by atoms with Crippen LogP contribution in [-0.2, 0) is 13.7 Å². The molecule has 0 unspecified atom stereocenters. The Labute approximate surface area is 90.9 Å². The van der Waals surface area contributed by atoms with E-state index in [1.807, 2.05) is 0 Å². The van der Waals surface area contributed by atoms with Gasteiger partial charge in [0.25, 0.3) is 0 Å². The first-order valence-corrected chi connectivity index (χ1v) is 1.84. The van der Waals surface area contributed by atoms with Crippen LogP contribution in [0.5, 0.6) is 0 Å². The minimum absolute atomic E-state index is 0. The zero-order valence-corrected chi connectivity index (χ0v) is 5.72. The Morgan fingerprint density at radius 3 is 0.571 bits per heavy atom. The Morgan fingerprint density at radius 2 is 0.571 bits per heavy atom. The molecule has 0 aliphatic carbocycles. The van der Waals surface area contributed by atoms with Gasteiger partial charge in [-0.25, -0.2) is 0 Å². The van der Waals surface area contributed by atoms with Crippen LogP contribution in [0.25, 0.3) is 0 Å². The molecule has 0 spiro atoms. The van der Waals surface area contributed by atoms with Crippen molar-refractivity contribution < 1.29 is 13.7 Å². The third-order valence-corrected chi connectivity index (χ3v) is 0. The van der Waals surface area contributed by atoms with Gasteiger partial charge in [-0.3, -0.25) is 13.7 Å². The van der Waals surface area contributed by atoms with Crippen molar-refractivity contribution in [3.8, 4) is 0 Å². The summed E-state index contributed by atoms with van der Waals surface area (Å²) >= 11 is 0. The van der Waals surface area contributed by atoms with Gasteiger partial charge in [-0.2, -0.15) is 0 Å². The first-order valence-electron chi connectivity index (χ1n) is 0.612. The zero-order chi connectivity index (χ0) is 6.00. The van der Waals surface area contributed by atoms with Crippen molar-refractivity contribution in [2.75, 3.05) is 0 Å². The van der Waals surface area contributed by atoms with Crippen LogP contribution >= 0.6 is 27.4 Å². The molecule has 3 nitrogen and oxygen atoms in total. The number of rotatable bonds is 0.